The van der Waals surface area contributed by atoms with Gasteiger partial charge in [-0.25, -0.2) is 0 Å². The first-order valence-electron chi connectivity index (χ1n) is 7.07. The number of benzene rings is 1. The number of aromatic nitrogens is 2. The van der Waals surface area contributed by atoms with Crippen LogP contribution in [0.2, 0.25) is 0 Å². The van der Waals surface area contributed by atoms with Gasteiger partial charge in [0.1, 0.15) is 5.69 Å². The largest absolute Gasteiger partial charge is 0.416 e. The van der Waals surface area contributed by atoms with Crippen molar-refractivity contribution in [2.75, 3.05) is 11.4 Å². The van der Waals surface area contributed by atoms with Gasteiger partial charge in [0.25, 0.3) is 5.91 Å². The van der Waals surface area contributed by atoms with E-state index in [2.05, 4.69) is 10.3 Å². The van der Waals surface area contributed by atoms with Crippen LogP contribution in [0.4, 0.5) is 18.9 Å². The monoisotopic (exact) mass is 338 g/mol. The molecule has 6 nitrogen and oxygen atoms in total. The van der Waals surface area contributed by atoms with Gasteiger partial charge in [-0.3, -0.25) is 9.48 Å². The summed E-state index contributed by atoms with van der Waals surface area (Å²) >= 11 is 0. The Morgan fingerprint density at radius 2 is 2.00 bits per heavy atom. The molecule has 0 saturated carbocycles. The van der Waals surface area contributed by atoms with Crippen LogP contribution in [-0.4, -0.2) is 33.7 Å². The lowest BCUT2D eigenvalue weighted by Gasteiger charge is -2.32. The first-order chi connectivity index (χ1) is 11.3. The summed E-state index contributed by atoms with van der Waals surface area (Å²) in [5.41, 5.74) is 0.151. The Morgan fingerprint density at radius 1 is 1.33 bits per heavy atom. The summed E-state index contributed by atoms with van der Waals surface area (Å²) in [4.78, 5) is 14.1. The maximum Gasteiger partial charge on any atom is 0.416 e. The van der Waals surface area contributed by atoms with Gasteiger partial charge < -0.3 is 10.1 Å². The van der Waals surface area contributed by atoms with Gasteiger partial charge in [-0.2, -0.15) is 18.3 Å². The fraction of sp³-hybridized carbons (Fsp3) is 0.267. The molecule has 2 heterocycles. The zero-order valence-electron chi connectivity index (χ0n) is 12.5. The third kappa shape index (κ3) is 2.61. The van der Waals surface area contributed by atoms with Gasteiger partial charge in [-0.15, -0.1) is 0 Å². The van der Waals surface area contributed by atoms with Crippen LogP contribution in [0.5, 0.6) is 0 Å². The highest BCUT2D eigenvalue weighted by atomic mass is 19.4. The van der Waals surface area contributed by atoms with E-state index >= 15 is 0 Å². The van der Waals surface area contributed by atoms with E-state index in [4.69, 9.17) is 5.21 Å². The molecule has 0 saturated heterocycles. The van der Waals surface area contributed by atoms with Crippen molar-refractivity contribution in [1.29, 1.82) is 0 Å². The van der Waals surface area contributed by atoms with Crippen LogP contribution in [0, 0.1) is 0 Å². The lowest BCUT2D eigenvalue weighted by Crippen LogP contribution is -2.43. The van der Waals surface area contributed by atoms with Gasteiger partial charge in [0.05, 0.1) is 24.0 Å². The molecule has 9 heteroatoms. The second-order valence-electron chi connectivity index (χ2n) is 5.45. The Kier molecular flexibility index (Phi) is 3.78. The van der Waals surface area contributed by atoms with E-state index in [0.29, 0.717) is 11.3 Å². The maximum absolute atomic E-state index is 12.7. The SMILES string of the molecule is C[C@H]1CN(c2ccc(C(F)(F)F)cc2)C(=O)c2c(/C=N/O)cnn21. The molecule has 0 aliphatic carbocycles. The minimum absolute atomic E-state index is 0.180. The predicted octanol–water partition coefficient (Wildman–Crippen LogP) is 2.93. The number of hydrogen-bond acceptors (Lipinski definition) is 4. The Labute approximate surface area is 134 Å². The second kappa shape index (κ2) is 5.66. The highest BCUT2D eigenvalue weighted by molar-refractivity contribution is 6.10. The molecule has 0 bridgehead atoms. The van der Waals surface area contributed by atoms with Crippen molar-refractivity contribution in [1.82, 2.24) is 9.78 Å². The van der Waals surface area contributed by atoms with Crippen molar-refractivity contribution in [3.05, 3.63) is 47.3 Å². The number of hydrogen-bond donors (Lipinski definition) is 1. The van der Waals surface area contributed by atoms with E-state index in [-0.39, 0.29) is 18.3 Å². The average Bonchev–Trinajstić information content (AvgIpc) is 2.95. The van der Waals surface area contributed by atoms with Crippen LogP contribution in [0.25, 0.3) is 0 Å². The molecule has 0 unspecified atom stereocenters. The molecular weight excluding hydrogens is 325 g/mol. The number of oxime groups is 1. The van der Waals surface area contributed by atoms with Gasteiger partial charge in [-0.1, -0.05) is 5.16 Å². The van der Waals surface area contributed by atoms with E-state index in [1.54, 1.807) is 0 Å². The van der Waals surface area contributed by atoms with E-state index in [9.17, 15) is 18.0 Å². The summed E-state index contributed by atoms with van der Waals surface area (Å²) in [6.07, 6.45) is -1.93. The third-order valence-corrected chi connectivity index (χ3v) is 3.84. The highest BCUT2D eigenvalue weighted by Crippen LogP contribution is 2.32. The number of alkyl halides is 3. The fourth-order valence-corrected chi connectivity index (χ4v) is 2.69. The summed E-state index contributed by atoms with van der Waals surface area (Å²) in [5, 5.41) is 15.7. The van der Waals surface area contributed by atoms with E-state index in [1.807, 2.05) is 6.92 Å². The van der Waals surface area contributed by atoms with Gasteiger partial charge >= 0.3 is 6.18 Å². The molecular formula is C15H13F3N4O2. The zero-order valence-corrected chi connectivity index (χ0v) is 12.5. The van der Waals surface area contributed by atoms with Gasteiger partial charge in [0.2, 0.25) is 0 Å². The summed E-state index contributed by atoms with van der Waals surface area (Å²) in [6, 6.07) is 4.23. The Bertz CT molecular complexity index is 796. The molecule has 1 N–H and O–H groups in total. The van der Waals surface area contributed by atoms with E-state index in [1.165, 1.54) is 27.9 Å². The molecule has 1 aromatic carbocycles. The quantitative estimate of drug-likeness (QED) is 0.520. The molecule has 1 aliphatic rings. The van der Waals surface area contributed by atoms with Crippen LogP contribution in [0.3, 0.4) is 0 Å². The minimum Gasteiger partial charge on any atom is -0.411 e. The van der Waals surface area contributed by atoms with Crippen molar-refractivity contribution in [3.8, 4) is 0 Å². The highest BCUT2D eigenvalue weighted by Gasteiger charge is 2.34. The van der Waals surface area contributed by atoms with Gasteiger partial charge in [0.15, 0.2) is 0 Å². The van der Waals surface area contributed by atoms with Crippen molar-refractivity contribution >= 4 is 17.8 Å². The van der Waals surface area contributed by atoms with Crippen molar-refractivity contribution < 1.29 is 23.2 Å². The number of carbonyl (C=O) groups excluding carboxylic acids is 1. The topological polar surface area (TPSA) is 70.7 Å². The number of carbonyl (C=O) groups is 1. The van der Waals surface area contributed by atoms with E-state index < -0.39 is 17.6 Å². The van der Waals surface area contributed by atoms with Crippen LogP contribution < -0.4 is 4.90 Å². The third-order valence-electron chi connectivity index (χ3n) is 3.84. The van der Waals surface area contributed by atoms with Crippen LogP contribution in [0.1, 0.15) is 34.6 Å². The van der Waals surface area contributed by atoms with Crippen LogP contribution in [-0.2, 0) is 6.18 Å². The maximum atomic E-state index is 12.7. The molecule has 126 valence electrons. The molecule has 1 atom stereocenters. The molecule has 3 rings (SSSR count). The average molecular weight is 338 g/mol. The number of amides is 1. The standard InChI is InChI=1S/C15H13F3N4O2/c1-9-8-21(12-4-2-11(3-5-12)15(16,17)18)14(23)13-10(7-20-24)6-19-22(9)13/h2-7,9,24H,8H2,1H3/b20-7+/t9-/m0/s1. The number of fused-ring (bicyclic) bond motifs is 1. The van der Waals surface area contributed by atoms with Crippen LogP contribution >= 0.6 is 0 Å². The van der Waals surface area contributed by atoms with E-state index in [0.717, 1.165) is 18.3 Å². The number of rotatable bonds is 2. The Hall–Kier alpha value is -2.84. The minimum atomic E-state index is -4.43. The van der Waals surface area contributed by atoms with Crippen molar-refractivity contribution in [3.63, 3.8) is 0 Å². The second-order valence-corrected chi connectivity index (χ2v) is 5.45. The Morgan fingerprint density at radius 3 is 2.58 bits per heavy atom. The number of nitrogens with zero attached hydrogens (tertiary/aromatic N) is 4. The smallest absolute Gasteiger partial charge is 0.411 e. The fourth-order valence-electron chi connectivity index (χ4n) is 2.69. The lowest BCUT2D eigenvalue weighted by atomic mass is 10.1. The molecule has 1 aliphatic heterocycles. The first kappa shape index (κ1) is 16.0. The number of anilines is 1. The van der Waals surface area contributed by atoms with Crippen LogP contribution in [0.15, 0.2) is 35.6 Å². The molecule has 1 aromatic heterocycles. The molecule has 0 fully saturated rings. The summed E-state index contributed by atoms with van der Waals surface area (Å²) in [7, 11) is 0. The Balaban J connectivity index is 1.98. The lowest BCUT2D eigenvalue weighted by molar-refractivity contribution is -0.137. The van der Waals surface area contributed by atoms with Gasteiger partial charge in [-0.05, 0) is 31.2 Å². The first-order valence-corrected chi connectivity index (χ1v) is 7.07. The molecule has 0 spiro atoms. The predicted molar refractivity (Wildman–Crippen MR) is 79.4 cm³/mol. The summed E-state index contributed by atoms with van der Waals surface area (Å²) < 4.78 is 39.5. The van der Waals surface area contributed by atoms with Gasteiger partial charge in [0, 0.05) is 17.8 Å². The summed E-state index contributed by atoms with van der Waals surface area (Å²) in [6.45, 7) is 2.11. The van der Waals surface area contributed by atoms with Crippen molar-refractivity contribution in [2.45, 2.75) is 19.1 Å². The number of halogens is 3. The zero-order chi connectivity index (χ0) is 17.5. The molecule has 1 amide bonds. The normalized spacial score (nSPS) is 18.2. The molecule has 24 heavy (non-hydrogen) atoms. The molecule has 0 radical (unpaired) electrons. The summed E-state index contributed by atoms with van der Waals surface area (Å²) in [5.74, 6) is -0.416. The molecule has 2 aromatic rings. The van der Waals surface area contributed by atoms with Crippen molar-refractivity contribution in [2.24, 2.45) is 5.16 Å².